The summed E-state index contributed by atoms with van der Waals surface area (Å²) in [6.07, 6.45) is 1.70. The Kier molecular flexibility index (Phi) is 5.70. The number of aromatic hydroxyl groups is 1. The molecular formula is C19H19N3O2S2. The molecule has 0 aliphatic rings. The van der Waals surface area contributed by atoms with Crippen LogP contribution in [0.3, 0.4) is 0 Å². The highest BCUT2D eigenvalue weighted by molar-refractivity contribution is 7.14. The molecule has 0 fully saturated rings. The van der Waals surface area contributed by atoms with Crippen LogP contribution in [-0.2, 0) is 0 Å². The number of hydrogen-bond donors (Lipinski definition) is 1. The summed E-state index contributed by atoms with van der Waals surface area (Å²) in [5.41, 5.74) is 2.75. The molecule has 134 valence electrons. The number of aromatic nitrogens is 1. The van der Waals surface area contributed by atoms with Gasteiger partial charge in [0.05, 0.1) is 30.4 Å². The first kappa shape index (κ1) is 18.2. The molecule has 3 rings (SSSR count). The van der Waals surface area contributed by atoms with E-state index in [0.717, 1.165) is 26.5 Å². The number of rotatable bonds is 6. The minimum absolute atomic E-state index is 0.0810. The van der Waals surface area contributed by atoms with Gasteiger partial charge in [0.2, 0.25) is 4.80 Å². The van der Waals surface area contributed by atoms with Crippen LogP contribution >= 0.6 is 22.7 Å². The van der Waals surface area contributed by atoms with Gasteiger partial charge in [0.1, 0.15) is 0 Å². The fourth-order valence-electron chi connectivity index (χ4n) is 2.23. The van der Waals surface area contributed by atoms with Crippen LogP contribution in [0.1, 0.15) is 12.5 Å². The summed E-state index contributed by atoms with van der Waals surface area (Å²) >= 11 is 3.19. The normalized spacial score (nSPS) is 12.0. The lowest BCUT2D eigenvalue weighted by Gasteiger charge is -2.04. The van der Waals surface area contributed by atoms with Gasteiger partial charge >= 0.3 is 0 Å². The van der Waals surface area contributed by atoms with Gasteiger partial charge in [-0.25, -0.2) is 4.68 Å². The van der Waals surface area contributed by atoms with Gasteiger partial charge in [-0.15, -0.1) is 22.7 Å². The van der Waals surface area contributed by atoms with Gasteiger partial charge < -0.3 is 9.84 Å². The molecule has 0 spiro atoms. The summed E-state index contributed by atoms with van der Waals surface area (Å²) < 4.78 is 6.89. The zero-order chi connectivity index (χ0) is 18.5. The van der Waals surface area contributed by atoms with Crippen molar-refractivity contribution in [1.82, 2.24) is 4.68 Å². The van der Waals surface area contributed by atoms with Gasteiger partial charge in [-0.3, -0.25) is 4.99 Å². The Hall–Kier alpha value is -2.64. The monoisotopic (exact) mass is 385 g/mol. The van der Waals surface area contributed by atoms with E-state index in [1.165, 1.54) is 18.4 Å². The highest BCUT2D eigenvalue weighted by Crippen LogP contribution is 2.26. The van der Waals surface area contributed by atoms with Crippen LogP contribution in [0, 0.1) is 0 Å². The summed E-state index contributed by atoms with van der Waals surface area (Å²) in [7, 11) is 1.52. The Balaban J connectivity index is 2.01. The number of ether oxygens (including phenoxy) is 1. The van der Waals surface area contributed by atoms with Gasteiger partial charge in [0.15, 0.2) is 11.5 Å². The maximum atomic E-state index is 9.94. The molecule has 0 radical (unpaired) electrons. The molecule has 2 heterocycles. The minimum Gasteiger partial charge on any atom is -0.504 e. The van der Waals surface area contributed by atoms with Crippen molar-refractivity contribution in [2.45, 2.75) is 6.92 Å². The number of hydrogen-bond acceptors (Lipinski definition) is 6. The van der Waals surface area contributed by atoms with Crippen molar-refractivity contribution in [1.29, 1.82) is 0 Å². The third kappa shape index (κ3) is 4.12. The van der Waals surface area contributed by atoms with E-state index in [4.69, 9.17) is 4.74 Å². The predicted octanol–water partition coefficient (Wildman–Crippen LogP) is 4.35. The smallest absolute Gasteiger partial charge is 0.206 e. The third-order valence-electron chi connectivity index (χ3n) is 3.47. The zero-order valence-corrected chi connectivity index (χ0v) is 16.2. The van der Waals surface area contributed by atoms with Crippen molar-refractivity contribution in [3.8, 4) is 22.1 Å². The number of thiazole rings is 1. The molecule has 1 N–H and O–H groups in total. The van der Waals surface area contributed by atoms with E-state index >= 15 is 0 Å². The quantitative estimate of drug-likeness (QED) is 0.506. The first-order valence-corrected chi connectivity index (χ1v) is 9.65. The molecule has 0 atom stereocenters. The Morgan fingerprint density at radius 2 is 2.19 bits per heavy atom. The third-order valence-corrected chi connectivity index (χ3v) is 5.21. The van der Waals surface area contributed by atoms with Gasteiger partial charge in [0, 0.05) is 5.38 Å². The van der Waals surface area contributed by atoms with Crippen LogP contribution in [0.15, 0.2) is 63.3 Å². The number of nitrogens with zero attached hydrogens (tertiary/aromatic N) is 3. The second kappa shape index (κ2) is 8.16. The fraction of sp³-hybridized carbons (Fsp3) is 0.158. The molecule has 0 aliphatic carbocycles. The van der Waals surface area contributed by atoms with Crippen molar-refractivity contribution in [2.24, 2.45) is 10.1 Å². The van der Waals surface area contributed by atoms with Crippen LogP contribution in [0.5, 0.6) is 11.5 Å². The van der Waals surface area contributed by atoms with E-state index in [1.54, 1.807) is 29.7 Å². The van der Waals surface area contributed by atoms with E-state index in [0.29, 0.717) is 12.3 Å². The molecule has 0 unspecified atom stereocenters. The number of phenols is 1. The predicted molar refractivity (Wildman–Crippen MR) is 109 cm³/mol. The van der Waals surface area contributed by atoms with E-state index < -0.39 is 0 Å². The maximum absolute atomic E-state index is 9.94. The van der Waals surface area contributed by atoms with E-state index in [-0.39, 0.29) is 5.75 Å². The Morgan fingerprint density at radius 3 is 2.85 bits per heavy atom. The maximum Gasteiger partial charge on any atom is 0.206 e. The molecule has 0 amide bonds. The molecule has 0 aliphatic heterocycles. The Bertz CT molecular complexity index is 998. The van der Waals surface area contributed by atoms with Crippen molar-refractivity contribution in [3.63, 3.8) is 0 Å². The molecule has 26 heavy (non-hydrogen) atoms. The summed E-state index contributed by atoms with van der Waals surface area (Å²) in [4.78, 5) is 6.51. The SMILES string of the molecule is C=C(C)CN=c1scc(-c2cccs2)n1N=Cc1ccc(OC)c(O)c1. The highest BCUT2D eigenvalue weighted by atomic mass is 32.1. The van der Waals surface area contributed by atoms with Gasteiger partial charge in [-0.05, 0) is 42.1 Å². The number of phenolic OH excluding ortho intramolecular Hbond substituents is 1. The average molecular weight is 386 g/mol. The van der Waals surface area contributed by atoms with Crippen molar-refractivity contribution in [2.75, 3.05) is 13.7 Å². The molecule has 1 aromatic carbocycles. The summed E-state index contributed by atoms with van der Waals surface area (Å²) in [5, 5.41) is 18.6. The number of methoxy groups -OCH3 is 1. The topological polar surface area (TPSA) is 59.1 Å². The van der Waals surface area contributed by atoms with Crippen molar-refractivity contribution in [3.05, 3.63) is 63.6 Å². The second-order valence-electron chi connectivity index (χ2n) is 5.64. The van der Waals surface area contributed by atoms with Crippen LogP contribution in [0.2, 0.25) is 0 Å². The van der Waals surface area contributed by atoms with Gasteiger partial charge in [-0.2, -0.15) is 5.10 Å². The summed E-state index contributed by atoms with van der Waals surface area (Å²) in [6, 6.07) is 9.23. The lowest BCUT2D eigenvalue weighted by atomic mass is 10.2. The molecule has 7 heteroatoms. The number of benzene rings is 1. The fourth-order valence-corrected chi connectivity index (χ4v) is 3.86. The molecule has 2 aromatic heterocycles. The molecule has 3 aromatic rings. The molecule has 0 saturated carbocycles. The first-order valence-electron chi connectivity index (χ1n) is 7.89. The minimum atomic E-state index is 0.0810. The average Bonchev–Trinajstić information content (AvgIpc) is 3.27. The van der Waals surface area contributed by atoms with Crippen LogP contribution in [0.25, 0.3) is 10.6 Å². The van der Waals surface area contributed by atoms with E-state index in [9.17, 15) is 5.11 Å². The standard InChI is InChI=1S/C19H19N3O2S2/c1-13(2)10-20-19-22(15(12-26-19)18-5-4-8-25-18)21-11-14-6-7-17(24-3)16(23)9-14/h4-9,11-12,23H,1,10H2,2-3H3. The van der Waals surface area contributed by atoms with Crippen LogP contribution in [-0.4, -0.2) is 29.7 Å². The van der Waals surface area contributed by atoms with E-state index in [2.05, 4.69) is 22.7 Å². The van der Waals surface area contributed by atoms with Crippen LogP contribution < -0.4 is 9.54 Å². The van der Waals surface area contributed by atoms with Gasteiger partial charge in [0.25, 0.3) is 0 Å². The lowest BCUT2D eigenvalue weighted by Crippen LogP contribution is -2.12. The van der Waals surface area contributed by atoms with Crippen LogP contribution in [0.4, 0.5) is 0 Å². The highest BCUT2D eigenvalue weighted by Gasteiger charge is 2.08. The van der Waals surface area contributed by atoms with Crippen molar-refractivity contribution < 1.29 is 9.84 Å². The van der Waals surface area contributed by atoms with E-state index in [1.807, 2.05) is 34.5 Å². The molecule has 0 bridgehead atoms. The second-order valence-corrected chi connectivity index (χ2v) is 7.43. The molecular weight excluding hydrogens is 366 g/mol. The number of thiophene rings is 1. The summed E-state index contributed by atoms with van der Waals surface area (Å²) in [5.74, 6) is 0.513. The zero-order valence-electron chi connectivity index (χ0n) is 14.5. The largest absolute Gasteiger partial charge is 0.504 e. The molecule has 0 saturated heterocycles. The van der Waals surface area contributed by atoms with Gasteiger partial charge in [-0.1, -0.05) is 18.2 Å². The summed E-state index contributed by atoms with van der Waals surface area (Å²) in [6.45, 7) is 6.41. The molecule has 5 nitrogen and oxygen atoms in total. The Labute approximate surface area is 159 Å². The lowest BCUT2D eigenvalue weighted by molar-refractivity contribution is 0.373. The Morgan fingerprint density at radius 1 is 1.35 bits per heavy atom. The van der Waals surface area contributed by atoms with Crippen molar-refractivity contribution >= 4 is 28.9 Å². The first-order chi connectivity index (χ1) is 12.6.